The molecule has 2 atom stereocenters. The Balaban J connectivity index is 0.00000192. The molecule has 0 bridgehead atoms. The van der Waals surface area contributed by atoms with Gasteiger partial charge in [-0.05, 0) is 31.5 Å². The van der Waals surface area contributed by atoms with Crippen molar-refractivity contribution in [2.75, 3.05) is 13.1 Å². The third-order valence-electron chi connectivity index (χ3n) is 4.22. The number of nitrogens with one attached hydrogen (secondary N) is 1. The van der Waals surface area contributed by atoms with Crippen LogP contribution in [-0.4, -0.2) is 39.9 Å². The zero-order chi connectivity index (χ0) is 15.5. The largest absolute Gasteiger partial charge is 0.311 e. The van der Waals surface area contributed by atoms with E-state index in [-0.39, 0.29) is 18.2 Å². The highest BCUT2D eigenvalue weighted by Crippen LogP contribution is 2.12. The summed E-state index contributed by atoms with van der Waals surface area (Å²) < 4.78 is 14.8. The van der Waals surface area contributed by atoms with Gasteiger partial charge in [0.2, 0.25) is 0 Å². The Bertz CT molecular complexity index is 613. The van der Waals surface area contributed by atoms with Gasteiger partial charge in [0, 0.05) is 43.5 Å². The summed E-state index contributed by atoms with van der Waals surface area (Å²) in [5, 5.41) is 7.92. The minimum absolute atomic E-state index is 0. The maximum Gasteiger partial charge on any atom is 0.123 e. The van der Waals surface area contributed by atoms with E-state index in [0.29, 0.717) is 18.6 Å². The van der Waals surface area contributed by atoms with Gasteiger partial charge in [0.05, 0.1) is 12.7 Å². The van der Waals surface area contributed by atoms with Crippen molar-refractivity contribution in [3.63, 3.8) is 0 Å². The maximum atomic E-state index is 12.9. The number of piperazine rings is 1. The molecule has 6 heteroatoms. The number of nitrogens with zero attached hydrogens (tertiary/aromatic N) is 3. The van der Waals surface area contributed by atoms with Gasteiger partial charge in [-0.3, -0.25) is 9.58 Å². The van der Waals surface area contributed by atoms with Crippen molar-refractivity contribution in [3.05, 3.63) is 53.6 Å². The Morgan fingerprint density at radius 2 is 1.91 bits per heavy atom. The lowest BCUT2D eigenvalue weighted by Crippen LogP contribution is -2.53. The quantitative estimate of drug-likeness (QED) is 0.930. The van der Waals surface area contributed by atoms with Crippen LogP contribution in [0, 0.1) is 5.82 Å². The molecule has 2 unspecified atom stereocenters. The highest BCUT2D eigenvalue weighted by Gasteiger charge is 2.22. The average Bonchev–Trinajstić information content (AvgIpc) is 2.93. The van der Waals surface area contributed by atoms with Crippen LogP contribution in [0.2, 0.25) is 0 Å². The van der Waals surface area contributed by atoms with E-state index in [2.05, 4.69) is 35.4 Å². The lowest BCUT2D eigenvalue weighted by atomic mass is 10.1. The molecular formula is C17H24ClFN4. The average molecular weight is 339 g/mol. The lowest BCUT2D eigenvalue weighted by Gasteiger charge is -2.37. The van der Waals surface area contributed by atoms with Crippen LogP contribution in [-0.2, 0) is 13.1 Å². The number of halogens is 2. The fourth-order valence-electron chi connectivity index (χ4n) is 2.90. The Hall–Kier alpha value is -1.43. The van der Waals surface area contributed by atoms with Gasteiger partial charge in [0.1, 0.15) is 5.82 Å². The number of hydrogen-bond acceptors (Lipinski definition) is 3. The van der Waals surface area contributed by atoms with Crippen LogP contribution in [0.15, 0.2) is 36.7 Å². The van der Waals surface area contributed by atoms with Crippen LogP contribution >= 0.6 is 12.4 Å². The Kier molecular flexibility index (Phi) is 6.16. The highest BCUT2D eigenvalue weighted by atomic mass is 35.5. The topological polar surface area (TPSA) is 33.1 Å². The van der Waals surface area contributed by atoms with Gasteiger partial charge in [0.25, 0.3) is 0 Å². The molecule has 0 spiro atoms. The second kappa shape index (κ2) is 7.90. The zero-order valence-electron chi connectivity index (χ0n) is 13.6. The summed E-state index contributed by atoms with van der Waals surface area (Å²) in [5.41, 5.74) is 2.28. The monoisotopic (exact) mass is 338 g/mol. The fourth-order valence-corrected chi connectivity index (χ4v) is 2.90. The number of hydrogen-bond donors (Lipinski definition) is 1. The minimum atomic E-state index is -0.202. The van der Waals surface area contributed by atoms with E-state index in [1.165, 1.54) is 17.7 Å². The second-order valence-electron chi connectivity index (χ2n) is 6.26. The molecule has 2 heterocycles. The third-order valence-corrected chi connectivity index (χ3v) is 4.22. The van der Waals surface area contributed by atoms with E-state index >= 15 is 0 Å². The van der Waals surface area contributed by atoms with Gasteiger partial charge >= 0.3 is 0 Å². The van der Waals surface area contributed by atoms with E-state index < -0.39 is 0 Å². The number of rotatable bonds is 4. The maximum absolute atomic E-state index is 12.9. The van der Waals surface area contributed by atoms with Crippen molar-refractivity contribution in [3.8, 4) is 0 Å². The first-order valence-electron chi connectivity index (χ1n) is 7.83. The normalized spacial score (nSPS) is 21.9. The molecule has 0 radical (unpaired) electrons. The Morgan fingerprint density at radius 3 is 2.65 bits per heavy atom. The summed E-state index contributed by atoms with van der Waals surface area (Å²) in [6.07, 6.45) is 4.02. The van der Waals surface area contributed by atoms with Crippen LogP contribution in [0.3, 0.4) is 0 Å². The van der Waals surface area contributed by atoms with Crippen molar-refractivity contribution < 1.29 is 4.39 Å². The molecule has 126 valence electrons. The lowest BCUT2D eigenvalue weighted by molar-refractivity contribution is 0.139. The van der Waals surface area contributed by atoms with Crippen LogP contribution < -0.4 is 5.32 Å². The summed E-state index contributed by atoms with van der Waals surface area (Å²) in [6.45, 7) is 8.16. The first kappa shape index (κ1) is 17.9. The molecule has 4 nitrogen and oxygen atoms in total. The molecule has 1 aliphatic heterocycles. The summed E-state index contributed by atoms with van der Waals surface area (Å²) in [6, 6.07) is 7.66. The standard InChI is InChI=1S/C17H23FN4.ClH/c1-13-9-21(14(2)7-19-13)10-16-8-20-22(12-16)11-15-3-5-17(18)6-4-15;/h3-6,8,12-14,19H,7,9-11H2,1-2H3;1H. The summed E-state index contributed by atoms with van der Waals surface area (Å²) in [7, 11) is 0. The molecule has 23 heavy (non-hydrogen) atoms. The fraction of sp³-hybridized carbons (Fsp3) is 0.471. The first-order valence-corrected chi connectivity index (χ1v) is 7.83. The van der Waals surface area contributed by atoms with Gasteiger partial charge < -0.3 is 5.32 Å². The van der Waals surface area contributed by atoms with Gasteiger partial charge in [-0.25, -0.2) is 4.39 Å². The Labute approximate surface area is 143 Å². The van der Waals surface area contributed by atoms with E-state index in [1.54, 1.807) is 12.1 Å². The SMILES string of the molecule is CC1CN(Cc2cnn(Cc3ccc(F)cc3)c2)C(C)CN1.Cl. The summed E-state index contributed by atoms with van der Waals surface area (Å²) >= 11 is 0. The third kappa shape index (κ3) is 4.77. The van der Waals surface area contributed by atoms with Crippen LogP contribution in [0.4, 0.5) is 4.39 Å². The van der Waals surface area contributed by atoms with Crippen molar-refractivity contribution in [2.24, 2.45) is 0 Å². The van der Waals surface area contributed by atoms with Crippen LogP contribution in [0.5, 0.6) is 0 Å². The predicted octanol–water partition coefficient (Wildman–Crippen LogP) is 2.67. The summed E-state index contributed by atoms with van der Waals surface area (Å²) in [5.74, 6) is -0.202. The number of aromatic nitrogens is 2. The predicted molar refractivity (Wildman–Crippen MR) is 92.3 cm³/mol. The van der Waals surface area contributed by atoms with Crippen molar-refractivity contribution in [2.45, 2.75) is 39.0 Å². The van der Waals surface area contributed by atoms with Crippen molar-refractivity contribution in [1.82, 2.24) is 20.0 Å². The molecule has 1 aliphatic rings. The smallest absolute Gasteiger partial charge is 0.123 e. The first-order chi connectivity index (χ1) is 10.6. The zero-order valence-corrected chi connectivity index (χ0v) is 14.4. The second-order valence-corrected chi connectivity index (χ2v) is 6.26. The molecule has 1 saturated heterocycles. The van der Waals surface area contributed by atoms with Gasteiger partial charge in [-0.2, -0.15) is 5.10 Å². The minimum Gasteiger partial charge on any atom is -0.311 e. The molecule has 1 aromatic heterocycles. The van der Waals surface area contributed by atoms with Crippen molar-refractivity contribution in [1.29, 1.82) is 0 Å². The van der Waals surface area contributed by atoms with Gasteiger partial charge in [0.15, 0.2) is 0 Å². The number of benzene rings is 1. The molecule has 0 aliphatic carbocycles. The van der Waals surface area contributed by atoms with Crippen molar-refractivity contribution >= 4 is 12.4 Å². The van der Waals surface area contributed by atoms with E-state index in [4.69, 9.17) is 0 Å². The Morgan fingerprint density at radius 1 is 1.17 bits per heavy atom. The molecule has 2 aromatic rings. The molecule has 0 amide bonds. The molecule has 0 saturated carbocycles. The van der Waals surface area contributed by atoms with Gasteiger partial charge in [-0.1, -0.05) is 12.1 Å². The van der Waals surface area contributed by atoms with E-state index in [1.807, 2.05) is 10.9 Å². The molecule has 1 N–H and O–H groups in total. The summed E-state index contributed by atoms with van der Waals surface area (Å²) in [4.78, 5) is 2.49. The van der Waals surface area contributed by atoms with Crippen LogP contribution in [0.1, 0.15) is 25.0 Å². The molecule has 3 rings (SSSR count). The molecular weight excluding hydrogens is 315 g/mol. The van der Waals surface area contributed by atoms with E-state index in [0.717, 1.165) is 25.2 Å². The van der Waals surface area contributed by atoms with Crippen LogP contribution in [0.25, 0.3) is 0 Å². The highest BCUT2D eigenvalue weighted by molar-refractivity contribution is 5.85. The molecule has 1 aromatic carbocycles. The molecule has 1 fully saturated rings. The van der Waals surface area contributed by atoms with E-state index in [9.17, 15) is 4.39 Å². The van der Waals surface area contributed by atoms with Gasteiger partial charge in [-0.15, -0.1) is 12.4 Å².